The Balaban J connectivity index is 1.65. The smallest absolute Gasteiger partial charge is 0.325 e. The van der Waals surface area contributed by atoms with Crippen LogP contribution in [0.1, 0.15) is 12.8 Å². The quantitative estimate of drug-likeness (QED) is 0.863. The molecule has 3 rings (SSSR count). The zero-order valence-electron chi connectivity index (χ0n) is 13.5. The van der Waals surface area contributed by atoms with Gasteiger partial charge in [-0.15, -0.1) is 10.2 Å². The standard InChI is InChI=1S/C15H19N5O3S/c1-22-10-5-6-12(23-2)11(9-10)16-13(21)17-14-18-19-15(24-14)20-7-3-4-8-20/h5-6,9H,3-4,7-8H2,1-2H3,(H2,16,17,18,21). The molecule has 1 aliphatic rings. The first-order valence-electron chi connectivity index (χ1n) is 7.58. The minimum absolute atomic E-state index is 0.411. The number of amides is 2. The van der Waals surface area contributed by atoms with E-state index in [-0.39, 0.29) is 0 Å². The van der Waals surface area contributed by atoms with Crippen molar-refractivity contribution in [1.29, 1.82) is 0 Å². The number of nitrogens with zero attached hydrogens (tertiary/aromatic N) is 3. The van der Waals surface area contributed by atoms with Crippen LogP contribution < -0.4 is 25.0 Å². The Morgan fingerprint density at radius 1 is 1.17 bits per heavy atom. The molecular formula is C15H19N5O3S. The summed E-state index contributed by atoms with van der Waals surface area (Å²) in [6.07, 6.45) is 2.33. The summed E-state index contributed by atoms with van der Waals surface area (Å²) >= 11 is 1.36. The summed E-state index contributed by atoms with van der Waals surface area (Å²) in [5.74, 6) is 1.17. The molecule has 0 saturated carbocycles. The summed E-state index contributed by atoms with van der Waals surface area (Å²) in [6, 6.07) is 4.76. The topological polar surface area (TPSA) is 88.6 Å². The van der Waals surface area contributed by atoms with Gasteiger partial charge in [0, 0.05) is 19.2 Å². The first-order chi connectivity index (χ1) is 11.7. The summed E-state index contributed by atoms with van der Waals surface area (Å²) in [4.78, 5) is 14.4. The molecule has 1 fully saturated rings. The van der Waals surface area contributed by atoms with E-state index >= 15 is 0 Å². The van der Waals surface area contributed by atoms with Crippen molar-refractivity contribution in [3.8, 4) is 11.5 Å². The van der Waals surface area contributed by atoms with E-state index in [2.05, 4.69) is 25.7 Å². The molecule has 0 radical (unpaired) electrons. The molecular weight excluding hydrogens is 330 g/mol. The predicted octanol–water partition coefficient (Wildman–Crippen LogP) is 2.80. The van der Waals surface area contributed by atoms with Crippen LogP contribution in [0.5, 0.6) is 11.5 Å². The molecule has 128 valence electrons. The highest BCUT2D eigenvalue weighted by Gasteiger charge is 2.18. The normalized spacial score (nSPS) is 13.7. The van der Waals surface area contributed by atoms with Crippen LogP contribution in [0.25, 0.3) is 0 Å². The number of hydrogen-bond acceptors (Lipinski definition) is 7. The lowest BCUT2D eigenvalue weighted by Crippen LogP contribution is -2.19. The van der Waals surface area contributed by atoms with Crippen molar-refractivity contribution in [2.45, 2.75) is 12.8 Å². The molecule has 0 aliphatic carbocycles. The van der Waals surface area contributed by atoms with Gasteiger partial charge in [0.1, 0.15) is 11.5 Å². The minimum atomic E-state index is -0.411. The summed E-state index contributed by atoms with van der Waals surface area (Å²) in [6.45, 7) is 1.98. The highest BCUT2D eigenvalue weighted by atomic mass is 32.1. The molecule has 0 bridgehead atoms. The number of rotatable bonds is 5. The van der Waals surface area contributed by atoms with E-state index in [1.165, 1.54) is 31.3 Å². The van der Waals surface area contributed by atoms with Gasteiger partial charge in [-0.05, 0) is 25.0 Å². The number of benzene rings is 1. The Bertz CT molecular complexity index is 715. The van der Waals surface area contributed by atoms with Gasteiger partial charge in [-0.25, -0.2) is 4.79 Å². The highest BCUT2D eigenvalue weighted by Crippen LogP contribution is 2.30. The van der Waals surface area contributed by atoms with Gasteiger partial charge in [0.2, 0.25) is 10.3 Å². The molecule has 0 atom stereocenters. The second-order valence-corrected chi connectivity index (χ2v) is 6.19. The molecule has 9 heteroatoms. The van der Waals surface area contributed by atoms with Crippen molar-refractivity contribution in [3.05, 3.63) is 18.2 Å². The lowest BCUT2D eigenvalue weighted by atomic mass is 10.2. The summed E-state index contributed by atoms with van der Waals surface area (Å²) < 4.78 is 10.4. The Kier molecular flexibility index (Phi) is 4.99. The number of urea groups is 1. The Labute approximate surface area is 143 Å². The zero-order chi connectivity index (χ0) is 16.9. The van der Waals surface area contributed by atoms with Crippen molar-refractivity contribution in [2.75, 3.05) is 42.8 Å². The van der Waals surface area contributed by atoms with Gasteiger partial charge in [-0.3, -0.25) is 5.32 Å². The molecule has 1 saturated heterocycles. The fourth-order valence-electron chi connectivity index (χ4n) is 2.46. The van der Waals surface area contributed by atoms with Crippen LogP contribution in [0.15, 0.2) is 18.2 Å². The fraction of sp³-hybridized carbons (Fsp3) is 0.400. The van der Waals surface area contributed by atoms with E-state index in [9.17, 15) is 4.79 Å². The van der Waals surface area contributed by atoms with Gasteiger partial charge >= 0.3 is 6.03 Å². The van der Waals surface area contributed by atoms with Crippen molar-refractivity contribution in [2.24, 2.45) is 0 Å². The lowest BCUT2D eigenvalue weighted by Gasteiger charge is -2.12. The van der Waals surface area contributed by atoms with Crippen molar-refractivity contribution < 1.29 is 14.3 Å². The van der Waals surface area contributed by atoms with Gasteiger partial charge < -0.3 is 19.7 Å². The van der Waals surface area contributed by atoms with Crippen LogP contribution in [-0.2, 0) is 0 Å². The molecule has 0 unspecified atom stereocenters. The molecule has 1 aliphatic heterocycles. The number of aromatic nitrogens is 2. The lowest BCUT2D eigenvalue weighted by molar-refractivity contribution is 0.262. The molecule has 2 heterocycles. The van der Waals surface area contributed by atoms with Gasteiger partial charge in [0.15, 0.2) is 0 Å². The van der Waals surface area contributed by atoms with E-state index < -0.39 is 6.03 Å². The van der Waals surface area contributed by atoms with Crippen LogP contribution in [0.2, 0.25) is 0 Å². The maximum absolute atomic E-state index is 12.2. The summed E-state index contributed by atoms with van der Waals surface area (Å²) in [5.41, 5.74) is 0.513. The third-order valence-electron chi connectivity index (χ3n) is 3.67. The Morgan fingerprint density at radius 2 is 1.96 bits per heavy atom. The number of ether oxygens (including phenoxy) is 2. The summed E-state index contributed by atoms with van der Waals surface area (Å²) in [7, 11) is 3.10. The molecule has 8 nitrogen and oxygen atoms in total. The minimum Gasteiger partial charge on any atom is -0.497 e. The van der Waals surface area contributed by atoms with Crippen LogP contribution in [0.3, 0.4) is 0 Å². The number of anilines is 3. The highest BCUT2D eigenvalue weighted by molar-refractivity contribution is 7.19. The third kappa shape index (κ3) is 3.67. The maximum atomic E-state index is 12.2. The second-order valence-electron chi connectivity index (χ2n) is 5.23. The van der Waals surface area contributed by atoms with Crippen molar-refractivity contribution in [3.63, 3.8) is 0 Å². The average molecular weight is 349 g/mol. The molecule has 24 heavy (non-hydrogen) atoms. The predicted molar refractivity (Wildman–Crippen MR) is 93.5 cm³/mol. The van der Waals surface area contributed by atoms with E-state index in [0.29, 0.717) is 22.3 Å². The molecule has 2 N–H and O–H groups in total. The first-order valence-corrected chi connectivity index (χ1v) is 8.39. The molecule has 1 aromatic heterocycles. The largest absolute Gasteiger partial charge is 0.497 e. The van der Waals surface area contributed by atoms with E-state index in [1.54, 1.807) is 25.3 Å². The van der Waals surface area contributed by atoms with E-state index in [4.69, 9.17) is 9.47 Å². The van der Waals surface area contributed by atoms with Gasteiger partial charge in [-0.1, -0.05) is 11.3 Å². The van der Waals surface area contributed by atoms with Gasteiger partial charge in [0.25, 0.3) is 0 Å². The first kappa shape index (κ1) is 16.3. The number of carbonyl (C=O) groups excluding carboxylic acids is 1. The molecule has 2 amide bonds. The number of hydrogen-bond donors (Lipinski definition) is 2. The Morgan fingerprint density at radius 3 is 2.67 bits per heavy atom. The molecule has 0 spiro atoms. The zero-order valence-corrected chi connectivity index (χ0v) is 14.4. The van der Waals surface area contributed by atoms with Crippen molar-refractivity contribution in [1.82, 2.24) is 10.2 Å². The Hall–Kier alpha value is -2.55. The number of nitrogens with one attached hydrogen (secondary N) is 2. The number of carbonyl (C=O) groups is 1. The van der Waals surface area contributed by atoms with Crippen LogP contribution >= 0.6 is 11.3 Å². The summed E-state index contributed by atoms with van der Waals surface area (Å²) in [5, 5.41) is 14.9. The number of methoxy groups -OCH3 is 2. The van der Waals surface area contributed by atoms with E-state index in [1.807, 2.05) is 0 Å². The van der Waals surface area contributed by atoms with E-state index in [0.717, 1.165) is 18.2 Å². The van der Waals surface area contributed by atoms with Gasteiger partial charge in [0.05, 0.1) is 19.9 Å². The average Bonchev–Trinajstić information content (AvgIpc) is 3.25. The monoisotopic (exact) mass is 349 g/mol. The van der Waals surface area contributed by atoms with Gasteiger partial charge in [-0.2, -0.15) is 0 Å². The van der Waals surface area contributed by atoms with Crippen LogP contribution in [0, 0.1) is 0 Å². The molecule has 2 aromatic rings. The SMILES string of the molecule is COc1ccc(OC)c(NC(=O)Nc2nnc(N3CCCC3)s2)c1. The maximum Gasteiger partial charge on any atom is 0.325 e. The molecule has 1 aromatic carbocycles. The van der Waals surface area contributed by atoms with Crippen LogP contribution in [0.4, 0.5) is 20.7 Å². The fourth-order valence-corrected chi connectivity index (χ4v) is 3.26. The third-order valence-corrected chi connectivity index (χ3v) is 4.57. The van der Waals surface area contributed by atoms with Crippen LogP contribution in [-0.4, -0.2) is 43.5 Å². The van der Waals surface area contributed by atoms with Crippen molar-refractivity contribution >= 4 is 33.3 Å². The second kappa shape index (κ2) is 7.35.